The van der Waals surface area contributed by atoms with Gasteiger partial charge < -0.3 is 10.1 Å². The minimum Gasteiger partial charge on any atom is -0.377 e. The average molecular weight is 451 g/mol. The van der Waals surface area contributed by atoms with E-state index in [1.165, 1.54) is 23.5 Å². The van der Waals surface area contributed by atoms with Gasteiger partial charge in [-0.1, -0.05) is 29.8 Å². The number of thiophene rings is 1. The topological polar surface area (TPSA) is 84.5 Å². The van der Waals surface area contributed by atoms with Gasteiger partial charge in [-0.2, -0.15) is 0 Å². The molecule has 29 heavy (non-hydrogen) atoms. The van der Waals surface area contributed by atoms with Gasteiger partial charge in [-0.25, -0.2) is 13.1 Å². The van der Waals surface area contributed by atoms with E-state index < -0.39 is 10.0 Å². The van der Waals surface area contributed by atoms with Crippen molar-refractivity contribution in [1.82, 2.24) is 4.72 Å². The van der Waals surface area contributed by atoms with Crippen molar-refractivity contribution in [2.75, 3.05) is 18.5 Å². The zero-order valence-electron chi connectivity index (χ0n) is 15.4. The third-order valence-corrected chi connectivity index (χ3v) is 7.80. The van der Waals surface area contributed by atoms with E-state index in [0.717, 1.165) is 22.9 Å². The van der Waals surface area contributed by atoms with E-state index in [9.17, 15) is 13.2 Å². The zero-order chi connectivity index (χ0) is 20.4. The van der Waals surface area contributed by atoms with Gasteiger partial charge in [-0.3, -0.25) is 4.79 Å². The number of rotatable bonds is 6. The maximum Gasteiger partial charge on any atom is 0.267 e. The summed E-state index contributed by atoms with van der Waals surface area (Å²) in [4.78, 5) is 13.2. The van der Waals surface area contributed by atoms with E-state index >= 15 is 0 Å². The molecule has 1 aliphatic rings. The van der Waals surface area contributed by atoms with Gasteiger partial charge >= 0.3 is 0 Å². The first kappa shape index (κ1) is 20.3. The van der Waals surface area contributed by atoms with E-state index in [4.69, 9.17) is 16.3 Å². The van der Waals surface area contributed by atoms with Gasteiger partial charge in [-0.05, 0) is 43.2 Å². The smallest absolute Gasteiger partial charge is 0.267 e. The molecule has 1 aliphatic heterocycles. The maximum atomic E-state index is 12.6. The highest BCUT2D eigenvalue weighted by atomic mass is 35.5. The second-order valence-corrected chi connectivity index (χ2v) is 9.90. The Balaban J connectivity index is 1.44. The quantitative estimate of drug-likeness (QED) is 0.587. The van der Waals surface area contributed by atoms with Crippen LogP contribution in [0, 0.1) is 0 Å². The summed E-state index contributed by atoms with van der Waals surface area (Å²) >= 11 is 7.66. The van der Waals surface area contributed by atoms with Crippen molar-refractivity contribution >= 4 is 54.6 Å². The molecule has 1 atom stereocenters. The van der Waals surface area contributed by atoms with Crippen LogP contribution in [0.1, 0.15) is 22.5 Å². The predicted molar refractivity (Wildman–Crippen MR) is 115 cm³/mol. The largest absolute Gasteiger partial charge is 0.377 e. The fourth-order valence-corrected chi connectivity index (χ4v) is 5.64. The fourth-order valence-electron chi connectivity index (χ4n) is 3.16. The van der Waals surface area contributed by atoms with Gasteiger partial charge in [0, 0.05) is 28.9 Å². The second kappa shape index (κ2) is 8.41. The summed E-state index contributed by atoms with van der Waals surface area (Å²) < 4.78 is 33.8. The van der Waals surface area contributed by atoms with Gasteiger partial charge in [0.1, 0.15) is 4.88 Å². The van der Waals surface area contributed by atoms with Crippen LogP contribution in [0.2, 0.25) is 5.02 Å². The van der Waals surface area contributed by atoms with E-state index in [1.807, 2.05) is 24.3 Å². The first-order valence-corrected chi connectivity index (χ1v) is 11.8. The Morgan fingerprint density at radius 1 is 1.17 bits per heavy atom. The molecular weight excluding hydrogens is 432 g/mol. The molecule has 0 radical (unpaired) electrons. The van der Waals surface area contributed by atoms with Crippen molar-refractivity contribution in [3.63, 3.8) is 0 Å². The number of nitrogens with one attached hydrogen (secondary N) is 2. The van der Waals surface area contributed by atoms with Crippen molar-refractivity contribution in [2.24, 2.45) is 0 Å². The Morgan fingerprint density at radius 2 is 1.93 bits per heavy atom. The third kappa shape index (κ3) is 4.46. The molecule has 1 unspecified atom stereocenters. The summed E-state index contributed by atoms with van der Waals surface area (Å²) in [7, 11) is -3.63. The number of sulfonamides is 1. The Kier molecular flexibility index (Phi) is 5.89. The Labute approximate surface area is 177 Å². The molecule has 0 saturated carbocycles. The van der Waals surface area contributed by atoms with E-state index in [0.29, 0.717) is 22.2 Å². The SMILES string of the molecule is O=C(Nc1ccc(S(=O)(=O)NCC2CCCO2)cc1)c1sc2ccccc2c1Cl. The van der Waals surface area contributed by atoms with Crippen LogP contribution in [0.3, 0.4) is 0 Å². The minimum atomic E-state index is -3.63. The van der Waals surface area contributed by atoms with Gasteiger partial charge in [0.2, 0.25) is 10.0 Å². The number of anilines is 1. The summed E-state index contributed by atoms with van der Waals surface area (Å²) in [6.07, 6.45) is 1.73. The summed E-state index contributed by atoms with van der Waals surface area (Å²) in [5.41, 5.74) is 0.488. The molecule has 4 rings (SSSR count). The number of carbonyl (C=O) groups is 1. The summed E-state index contributed by atoms with van der Waals surface area (Å²) in [6, 6.07) is 13.6. The van der Waals surface area contributed by atoms with E-state index in [2.05, 4.69) is 10.0 Å². The standard InChI is InChI=1S/C20H19ClN2O4S2/c21-18-16-5-1-2-6-17(16)28-19(18)20(24)23-13-7-9-15(10-8-13)29(25,26)22-12-14-4-3-11-27-14/h1-2,5-10,14,22H,3-4,11-12H2,(H,23,24). The Hall–Kier alpha value is -1.97. The molecule has 1 saturated heterocycles. The number of amides is 1. The number of benzene rings is 2. The van der Waals surface area contributed by atoms with Crippen LogP contribution in [0.4, 0.5) is 5.69 Å². The van der Waals surface area contributed by atoms with Crippen molar-refractivity contribution in [3.05, 3.63) is 58.4 Å². The highest BCUT2D eigenvalue weighted by Gasteiger charge is 2.21. The first-order chi connectivity index (χ1) is 13.9. The Morgan fingerprint density at radius 3 is 2.62 bits per heavy atom. The molecule has 0 aliphatic carbocycles. The molecule has 1 amide bonds. The van der Waals surface area contributed by atoms with Gasteiger partial charge in [0.05, 0.1) is 16.0 Å². The van der Waals surface area contributed by atoms with Crippen LogP contribution in [-0.4, -0.2) is 33.6 Å². The molecule has 9 heteroatoms. The second-order valence-electron chi connectivity index (χ2n) is 6.71. The number of halogens is 1. The van der Waals surface area contributed by atoms with Crippen molar-refractivity contribution in [3.8, 4) is 0 Å². The summed E-state index contributed by atoms with van der Waals surface area (Å²) in [5, 5.41) is 4.02. The Bertz CT molecular complexity index is 1140. The predicted octanol–water partition coefficient (Wildman–Crippen LogP) is 4.26. The highest BCUT2D eigenvalue weighted by molar-refractivity contribution is 7.89. The van der Waals surface area contributed by atoms with Crippen LogP contribution in [0.15, 0.2) is 53.4 Å². The highest BCUT2D eigenvalue weighted by Crippen LogP contribution is 2.35. The maximum absolute atomic E-state index is 12.6. The molecular formula is C20H19ClN2O4S2. The van der Waals surface area contributed by atoms with Gasteiger partial charge in [-0.15, -0.1) is 11.3 Å². The van der Waals surface area contributed by atoms with Crippen LogP contribution in [0.25, 0.3) is 10.1 Å². The molecule has 0 bridgehead atoms. The number of fused-ring (bicyclic) bond motifs is 1. The fraction of sp³-hybridized carbons (Fsp3) is 0.250. The average Bonchev–Trinajstić information content (AvgIpc) is 3.35. The molecule has 152 valence electrons. The van der Waals surface area contributed by atoms with Crippen LogP contribution >= 0.6 is 22.9 Å². The van der Waals surface area contributed by atoms with Gasteiger partial charge in [0.25, 0.3) is 5.91 Å². The molecule has 0 spiro atoms. The number of carbonyl (C=O) groups excluding carboxylic acids is 1. The lowest BCUT2D eigenvalue weighted by Crippen LogP contribution is -2.31. The minimum absolute atomic E-state index is 0.0746. The monoisotopic (exact) mass is 450 g/mol. The van der Waals surface area contributed by atoms with E-state index in [1.54, 1.807) is 12.1 Å². The molecule has 6 nitrogen and oxygen atoms in total. The summed E-state index contributed by atoms with van der Waals surface area (Å²) in [6.45, 7) is 0.926. The lowest BCUT2D eigenvalue weighted by atomic mass is 10.2. The molecule has 1 fully saturated rings. The lowest BCUT2D eigenvalue weighted by molar-refractivity contribution is 0.103. The van der Waals surface area contributed by atoms with Crippen LogP contribution in [0.5, 0.6) is 0 Å². The van der Waals surface area contributed by atoms with Crippen molar-refractivity contribution in [1.29, 1.82) is 0 Å². The summed E-state index contributed by atoms with van der Waals surface area (Å²) in [5.74, 6) is -0.330. The lowest BCUT2D eigenvalue weighted by Gasteiger charge is -2.12. The number of hydrogen-bond donors (Lipinski definition) is 2. The molecule has 1 aromatic heterocycles. The molecule has 3 aromatic rings. The third-order valence-electron chi connectivity index (χ3n) is 4.69. The van der Waals surface area contributed by atoms with Crippen molar-refractivity contribution in [2.45, 2.75) is 23.8 Å². The van der Waals surface area contributed by atoms with Crippen LogP contribution < -0.4 is 10.0 Å². The molecule has 2 heterocycles. The number of hydrogen-bond acceptors (Lipinski definition) is 5. The number of ether oxygens (including phenoxy) is 1. The zero-order valence-corrected chi connectivity index (χ0v) is 17.7. The van der Waals surface area contributed by atoms with E-state index in [-0.39, 0.29) is 23.5 Å². The normalized spacial score (nSPS) is 16.9. The molecule has 2 N–H and O–H groups in total. The van der Waals surface area contributed by atoms with Crippen LogP contribution in [-0.2, 0) is 14.8 Å². The van der Waals surface area contributed by atoms with Gasteiger partial charge in [0.15, 0.2) is 0 Å². The van der Waals surface area contributed by atoms with Crippen molar-refractivity contribution < 1.29 is 17.9 Å². The first-order valence-electron chi connectivity index (χ1n) is 9.14. The molecule has 2 aromatic carbocycles.